The van der Waals surface area contributed by atoms with Crippen LogP contribution in [-0.2, 0) is 17.8 Å². The molecule has 1 rings (SSSR count). The molecule has 1 aromatic rings. The average Bonchev–Trinajstić information content (AvgIpc) is 2.62. The minimum Gasteiger partial charge on any atom is -0.481 e. The van der Waals surface area contributed by atoms with E-state index < -0.39 is 5.97 Å². The Balaban J connectivity index is 2.45. The smallest absolute Gasteiger partial charge is 0.303 e. The highest BCUT2D eigenvalue weighted by molar-refractivity contribution is 5.66. The standard InChI is InChI=1S/C10H17N3O2/c1-3-8(2)6-13-7-9(11-12-13)4-5-10(14)15/h7-8H,3-6H2,1-2H3,(H,14,15). The monoisotopic (exact) mass is 211 g/mol. The molecule has 0 spiro atoms. The van der Waals surface area contributed by atoms with E-state index in [1.807, 2.05) is 6.20 Å². The topological polar surface area (TPSA) is 68.0 Å². The molecule has 0 fully saturated rings. The van der Waals surface area contributed by atoms with E-state index in [2.05, 4.69) is 24.2 Å². The van der Waals surface area contributed by atoms with Crippen molar-refractivity contribution < 1.29 is 9.90 Å². The van der Waals surface area contributed by atoms with Gasteiger partial charge < -0.3 is 5.11 Å². The van der Waals surface area contributed by atoms with Gasteiger partial charge in [0, 0.05) is 19.2 Å². The Morgan fingerprint density at radius 1 is 1.67 bits per heavy atom. The van der Waals surface area contributed by atoms with E-state index in [1.54, 1.807) is 4.68 Å². The zero-order chi connectivity index (χ0) is 11.3. The number of hydrogen-bond donors (Lipinski definition) is 1. The van der Waals surface area contributed by atoms with Gasteiger partial charge in [-0.2, -0.15) is 0 Å². The number of nitrogens with zero attached hydrogens (tertiary/aromatic N) is 3. The first kappa shape index (κ1) is 11.7. The van der Waals surface area contributed by atoms with Gasteiger partial charge in [0.05, 0.1) is 12.1 Å². The summed E-state index contributed by atoms with van der Waals surface area (Å²) in [4.78, 5) is 10.3. The maximum atomic E-state index is 10.3. The largest absolute Gasteiger partial charge is 0.481 e. The van der Waals surface area contributed by atoms with Crippen LogP contribution in [0.25, 0.3) is 0 Å². The Labute approximate surface area is 89.1 Å². The molecule has 0 saturated heterocycles. The number of carboxylic acid groups (broad SMARTS) is 1. The van der Waals surface area contributed by atoms with Gasteiger partial charge in [-0.3, -0.25) is 9.48 Å². The van der Waals surface area contributed by atoms with Crippen molar-refractivity contribution in [2.75, 3.05) is 0 Å². The summed E-state index contributed by atoms with van der Waals surface area (Å²) in [5, 5.41) is 16.4. The molecule has 0 radical (unpaired) electrons. The van der Waals surface area contributed by atoms with Crippen molar-refractivity contribution in [2.24, 2.45) is 5.92 Å². The van der Waals surface area contributed by atoms with Crippen molar-refractivity contribution in [3.63, 3.8) is 0 Å². The lowest BCUT2D eigenvalue weighted by atomic mass is 10.1. The third-order valence-electron chi connectivity index (χ3n) is 2.38. The normalized spacial score (nSPS) is 12.7. The molecule has 15 heavy (non-hydrogen) atoms. The molecule has 0 saturated carbocycles. The number of carbonyl (C=O) groups is 1. The zero-order valence-electron chi connectivity index (χ0n) is 9.18. The summed E-state index contributed by atoms with van der Waals surface area (Å²) in [6, 6.07) is 0. The molecule has 0 aromatic carbocycles. The molecule has 84 valence electrons. The van der Waals surface area contributed by atoms with Gasteiger partial charge in [0.2, 0.25) is 0 Å². The summed E-state index contributed by atoms with van der Waals surface area (Å²) in [5.74, 6) is -0.231. The van der Waals surface area contributed by atoms with Gasteiger partial charge in [-0.15, -0.1) is 5.10 Å². The number of aliphatic carboxylic acids is 1. The first-order valence-corrected chi connectivity index (χ1v) is 5.22. The molecular formula is C10H17N3O2. The van der Waals surface area contributed by atoms with E-state index >= 15 is 0 Å². The first-order chi connectivity index (χ1) is 7.11. The predicted octanol–water partition coefficient (Wildman–Crippen LogP) is 1.34. The maximum Gasteiger partial charge on any atom is 0.303 e. The Bertz CT molecular complexity index is 322. The van der Waals surface area contributed by atoms with Crippen molar-refractivity contribution in [2.45, 2.75) is 39.7 Å². The van der Waals surface area contributed by atoms with E-state index in [-0.39, 0.29) is 6.42 Å². The van der Waals surface area contributed by atoms with Gasteiger partial charge in [0.25, 0.3) is 0 Å². The SMILES string of the molecule is CCC(C)Cn1cc(CCC(=O)O)nn1. The van der Waals surface area contributed by atoms with Gasteiger partial charge in [-0.1, -0.05) is 25.5 Å². The number of aromatic nitrogens is 3. The van der Waals surface area contributed by atoms with E-state index in [0.29, 0.717) is 12.3 Å². The van der Waals surface area contributed by atoms with Crippen molar-refractivity contribution in [3.05, 3.63) is 11.9 Å². The average molecular weight is 211 g/mol. The Morgan fingerprint density at radius 2 is 2.40 bits per heavy atom. The number of carboxylic acids is 1. The summed E-state index contributed by atoms with van der Waals surface area (Å²) in [6.45, 7) is 5.13. The minimum atomic E-state index is -0.800. The molecule has 1 N–H and O–H groups in total. The Morgan fingerprint density at radius 3 is 3.00 bits per heavy atom. The van der Waals surface area contributed by atoms with Crippen molar-refractivity contribution >= 4 is 5.97 Å². The van der Waals surface area contributed by atoms with Crippen LogP contribution in [0.3, 0.4) is 0 Å². The lowest BCUT2D eigenvalue weighted by Crippen LogP contribution is -2.07. The lowest BCUT2D eigenvalue weighted by Gasteiger charge is -2.06. The highest BCUT2D eigenvalue weighted by atomic mass is 16.4. The summed E-state index contributed by atoms with van der Waals surface area (Å²) in [7, 11) is 0. The van der Waals surface area contributed by atoms with Gasteiger partial charge in [-0.25, -0.2) is 0 Å². The van der Waals surface area contributed by atoms with Crippen LogP contribution in [0.4, 0.5) is 0 Å². The summed E-state index contributed by atoms with van der Waals surface area (Å²) >= 11 is 0. The maximum absolute atomic E-state index is 10.3. The molecule has 0 aliphatic rings. The van der Waals surface area contributed by atoms with Crippen LogP contribution in [0.5, 0.6) is 0 Å². The van der Waals surface area contributed by atoms with Gasteiger partial charge in [-0.05, 0) is 5.92 Å². The molecule has 1 unspecified atom stereocenters. The lowest BCUT2D eigenvalue weighted by molar-refractivity contribution is -0.136. The quantitative estimate of drug-likeness (QED) is 0.771. The molecule has 1 aromatic heterocycles. The van der Waals surface area contributed by atoms with Crippen LogP contribution in [0, 0.1) is 5.92 Å². The highest BCUT2D eigenvalue weighted by Crippen LogP contribution is 2.05. The fourth-order valence-electron chi connectivity index (χ4n) is 1.23. The Kier molecular flexibility index (Phi) is 4.27. The molecule has 0 amide bonds. The van der Waals surface area contributed by atoms with E-state index in [9.17, 15) is 4.79 Å². The van der Waals surface area contributed by atoms with Crippen LogP contribution in [0.1, 0.15) is 32.4 Å². The first-order valence-electron chi connectivity index (χ1n) is 5.22. The molecule has 1 heterocycles. The second-order valence-electron chi connectivity index (χ2n) is 3.84. The molecule has 0 aliphatic heterocycles. The second kappa shape index (κ2) is 5.48. The third-order valence-corrected chi connectivity index (χ3v) is 2.38. The van der Waals surface area contributed by atoms with Crippen LogP contribution >= 0.6 is 0 Å². The zero-order valence-corrected chi connectivity index (χ0v) is 9.18. The molecule has 1 atom stereocenters. The van der Waals surface area contributed by atoms with Crippen LogP contribution in [0.2, 0.25) is 0 Å². The van der Waals surface area contributed by atoms with Crippen LogP contribution in [-0.4, -0.2) is 26.1 Å². The van der Waals surface area contributed by atoms with E-state index in [4.69, 9.17) is 5.11 Å². The number of rotatable bonds is 6. The number of hydrogen-bond acceptors (Lipinski definition) is 3. The van der Waals surface area contributed by atoms with Gasteiger partial charge in [0.15, 0.2) is 0 Å². The van der Waals surface area contributed by atoms with Crippen molar-refractivity contribution in [1.29, 1.82) is 0 Å². The van der Waals surface area contributed by atoms with E-state index in [0.717, 1.165) is 18.7 Å². The molecule has 5 nitrogen and oxygen atoms in total. The summed E-state index contributed by atoms with van der Waals surface area (Å²) in [6.07, 6.45) is 3.50. The van der Waals surface area contributed by atoms with Crippen molar-refractivity contribution in [1.82, 2.24) is 15.0 Å². The molecule has 0 bridgehead atoms. The highest BCUT2D eigenvalue weighted by Gasteiger charge is 2.05. The predicted molar refractivity (Wildman–Crippen MR) is 55.4 cm³/mol. The van der Waals surface area contributed by atoms with Gasteiger partial charge >= 0.3 is 5.97 Å². The van der Waals surface area contributed by atoms with E-state index in [1.165, 1.54) is 0 Å². The summed E-state index contributed by atoms with van der Waals surface area (Å²) in [5.41, 5.74) is 0.751. The van der Waals surface area contributed by atoms with Crippen LogP contribution in [0.15, 0.2) is 6.20 Å². The summed E-state index contributed by atoms with van der Waals surface area (Å²) < 4.78 is 1.78. The fraction of sp³-hybridized carbons (Fsp3) is 0.700. The second-order valence-corrected chi connectivity index (χ2v) is 3.84. The molecule has 0 aliphatic carbocycles. The van der Waals surface area contributed by atoms with Gasteiger partial charge in [0.1, 0.15) is 0 Å². The molecular weight excluding hydrogens is 194 g/mol. The Hall–Kier alpha value is -1.39. The third kappa shape index (κ3) is 4.10. The number of aryl methyl sites for hydroxylation is 1. The fourth-order valence-corrected chi connectivity index (χ4v) is 1.23. The van der Waals surface area contributed by atoms with Crippen LogP contribution < -0.4 is 0 Å². The minimum absolute atomic E-state index is 0.113. The molecule has 5 heteroatoms. The van der Waals surface area contributed by atoms with Crippen molar-refractivity contribution in [3.8, 4) is 0 Å².